The molecule has 1 saturated heterocycles. The molecule has 2 rings (SSSR count). The van der Waals surface area contributed by atoms with Gasteiger partial charge in [0.25, 0.3) is 0 Å². The van der Waals surface area contributed by atoms with Crippen LogP contribution in [0.5, 0.6) is 0 Å². The summed E-state index contributed by atoms with van der Waals surface area (Å²) in [6.07, 6.45) is 2.82. The van der Waals surface area contributed by atoms with Crippen LogP contribution in [0.1, 0.15) is 18.4 Å². The van der Waals surface area contributed by atoms with E-state index < -0.39 is 0 Å². The third-order valence-electron chi connectivity index (χ3n) is 2.42. The zero-order valence-electron chi connectivity index (χ0n) is 7.96. The number of piperidine rings is 1. The lowest BCUT2D eigenvalue weighted by molar-refractivity contribution is 0.0252. The van der Waals surface area contributed by atoms with Crippen molar-refractivity contribution in [1.82, 2.24) is 5.32 Å². The largest absolute Gasteiger partial charge is 0.372 e. The van der Waals surface area contributed by atoms with Crippen molar-refractivity contribution in [3.05, 3.63) is 20.8 Å². The fourth-order valence-corrected chi connectivity index (χ4v) is 2.79. The number of thiophene rings is 1. The van der Waals surface area contributed by atoms with E-state index in [-0.39, 0.29) is 0 Å². The zero-order chi connectivity index (χ0) is 9.80. The summed E-state index contributed by atoms with van der Waals surface area (Å²) < 4.78 is 7.02. The van der Waals surface area contributed by atoms with E-state index in [9.17, 15) is 0 Å². The lowest BCUT2D eigenvalue weighted by atomic mass is 10.1. The fourth-order valence-electron chi connectivity index (χ4n) is 1.59. The van der Waals surface area contributed by atoms with E-state index in [0.29, 0.717) is 6.10 Å². The molecule has 2 nitrogen and oxygen atoms in total. The predicted molar refractivity (Wildman–Crippen MR) is 62.7 cm³/mol. The van der Waals surface area contributed by atoms with Crippen molar-refractivity contribution < 1.29 is 4.74 Å². The topological polar surface area (TPSA) is 21.3 Å². The molecule has 0 saturated carbocycles. The molecule has 1 N–H and O–H groups in total. The molecule has 14 heavy (non-hydrogen) atoms. The summed E-state index contributed by atoms with van der Waals surface area (Å²) in [5.74, 6) is 0. The van der Waals surface area contributed by atoms with E-state index >= 15 is 0 Å². The minimum Gasteiger partial charge on any atom is -0.372 e. The Morgan fingerprint density at radius 3 is 3.21 bits per heavy atom. The van der Waals surface area contributed by atoms with Crippen molar-refractivity contribution in [2.45, 2.75) is 25.6 Å². The van der Waals surface area contributed by atoms with Crippen LogP contribution in [-0.2, 0) is 11.3 Å². The number of halogens is 1. The highest BCUT2D eigenvalue weighted by molar-refractivity contribution is 9.11. The standard InChI is InChI=1S/C10H14BrNOS/c11-10-8(3-5-14-10)7-13-9-2-1-4-12-6-9/h3,5,9,12H,1-2,4,6-7H2/t9-/m0/s1. The summed E-state index contributed by atoms with van der Waals surface area (Å²) >= 11 is 5.23. The molecule has 2 heterocycles. The Morgan fingerprint density at radius 1 is 1.64 bits per heavy atom. The molecule has 1 aliphatic rings. The summed E-state index contributed by atoms with van der Waals surface area (Å²) in [6, 6.07) is 2.12. The van der Waals surface area contributed by atoms with Crippen molar-refractivity contribution in [2.24, 2.45) is 0 Å². The van der Waals surface area contributed by atoms with Gasteiger partial charge in [-0.3, -0.25) is 0 Å². The first kappa shape index (κ1) is 10.6. The molecule has 0 amide bonds. The van der Waals surface area contributed by atoms with Crippen LogP contribution in [0.3, 0.4) is 0 Å². The third kappa shape index (κ3) is 2.79. The Bertz CT molecular complexity index is 283. The first-order valence-corrected chi connectivity index (χ1v) is 6.58. The maximum absolute atomic E-state index is 5.82. The Hall–Kier alpha value is 0.1000. The molecule has 1 aromatic rings. The summed E-state index contributed by atoms with van der Waals surface area (Å²) in [7, 11) is 0. The molecule has 1 fully saturated rings. The first-order valence-electron chi connectivity index (χ1n) is 4.90. The highest BCUT2D eigenvalue weighted by atomic mass is 79.9. The molecule has 1 aliphatic heterocycles. The van der Waals surface area contributed by atoms with E-state index in [1.807, 2.05) is 0 Å². The number of ether oxygens (including phenoxy) is 1. The van der Waals surface area contributed by atoms with Gasteiger partial charge in [-0.2, -0.15) is 0 Å². The van der Waals surface area contributed by atoms with Gasteiger partial charge in [0, 0.05) is 12.1 Å². The quantitative estimate of drug-likeness (QED) is 0.916. The average molecular weight is 276 g/mol. The Labute approximate surface area is 96.8 Å². The van der Waals surface area contributed by atoms with Crippen molar-refractivity contribution in [3.63, 3.8) is 0 Å². The van der Waals surface area contributed by atoms with Gasteiger partial charge in [0.15, 0.2) is 0 Å². The van der Waals surface area contributed by atoms with Gasteiger partial charge in [0.1, 0.15) is 0 Å². The van der Waals surface area contributed by atoms with Crippen molar-refractivity contribution >= 4 is 27.3 Å². The monoisotopic (exact) mass is 275 g/mol. The van der Waals surface area contributed by atoms with Gasteiger partial charge in [-0.1, -0.05) is 0 Å². The molecule has 0 aliphatic carbocycles. The highest BCUT2D eigenvalue weighted by Gasteiger charge is 2.13. The van der Waals surface area contributed by atoms with Crippen LogP contribution in [-0.4, -0.2) is 19.2 Å². The molecule has 0 spiro atoms. The summed E-state index contributed by atoms with van der Waals surface area (Å²) in [6.45, 7) is 2.88. The van der Waals surface area contributed by atoms with E-state index in [4.69, 9.17) is 4.74 Å². The van der Waals surface area contributed by atoms with Crippen molar-refractivity contribution in [3.8, 4) is 0 Å². The number of hydrogen-bond acceptors (Lipinski definition) is 3. The van der Waals surface area contributed by atoms with Gasteiger partial charge < -0.3 is 10.1 Å². The molecular weight excluding hydrogens is 262 g/mol. The molecule has 0 unspecified atom stereocenters. The normalized spacial score (nSPS) is 22.5. The molecule has 1 atom stereocenters. The van der Waals surface area contributed by atoms with Crippen LogP contribution >= 0.6 is 27.3 Å². The minimum absolute atomic E-state index is 0.399. The van der Waals surface area contributed by atoms with Crippen LogP contribution in [0.2, 0.25) is 0 Å². The van der Waals surface area contributed by atoms with Gasteiger partial charge in [-0.15, -0.1) is 11.3 Å². The molecule has 0 aromatic carbocycles. The number of hydrogen-bond donors (Lipinski definition) is 1. The van der Waals surface area contributed by atoms with E-state index in [1.54, 1.807) is 11.3 Å². The Balaban J connectivity index is 1.79. The molecule has 78 valence electrons. The van der Waals surface area contributed by atoms with Gasteiger partial charge >= 0.3 is 0 Å². The van der Waals surface area contributed by atoms with Crippen LogP contribution in [0, 0.1) is 0 Å². The summed E-state index contributed by atoms with van der Waals surface area (Å²) in [4.78, 5) is 0. The highest BCUT2D eigenvalue weighted by Crippen LogP contribution is 2.24. The maximum atomic E-state index is 5.82. The first-order chi connectivity index (χ1) is 6.86. The van der Waals surface area contributed by atoms with Gasteiger partial charge in [-0.25, -0.2) is 0 Å². The number of rotatable bonds is 3. The van der Waals surface area contributed by atoms with Crippen molar-refractivity contribution in [2.75, 3.05) is 13.1 Å². The molecule has 0 radical (unpaired) electrons. The van der Waals surface area contributed by atoms with Crippen LogP contribution in [0.25, 0.3) is 0 Å². The second kappa shape index (κ2) is 5.26. The van der Waals surface area contributed by atoms with E-state index in [2.05, 4.69) is 32.7 Å². The van der Waals surface area contributed by atoms with E-state index in [1.165, 1.54) is 22.2 Å². The molecule has 0 bridgehead atoms. The molecule has 4 heteroatoms. The number of nitrogens with one attached hydrogen (secondary N) is 1. The lowest BCUT2D eigenvalue weighted by Crippen LogP contribution is -2.35. The second-order valence-electron chi connectivity index (χ2n) is 3.50. The SMILES string of the molecule is Brc1sccc1CO[C@H]1CCCNC1. The molecule has 1 aromatic heterocycles. The summed E-state index contributed by atoms with van der Waals surface area (Å²) in [5, 5.41) is 5.43. The third-order valence-corrected chi connectivity index (χ3v) is 4.23. The van der Waals surface area contributed by atoms with E-state index in [0.717, 1.165) is 19.7 Å². The Morgan fingerprint density at radius 2 is 2.57 bits per heavy atom. The smallest absolute Gasteiger partial charge is 0.0753 e. The average Bonchev–Trinajstić information content (AvgIpc) is 2.63. The maximum Gasteiger partial charge on any atom is 0.0753 e. The predicted octanol–water partition coefficient (Wildman–Crippen LogP) is 2.78. The lowest BCUT2D eigenvalue weighted by Gasteiger charge is -2.22. The van der Waals surface area contributed by atoms with Gasteiger partial charge in [0.2, 0.25) is 0 Å². The van der Waals surface area contributed by atoms with Gasteiger partial charge in [-0.05, 0) is 46.8 Å². The second-order valence-corrected chi connectivity index (χ2v) is 5.73. The van der Waals surface area contributed by atoms with Crippen LogP contribution in [0.15, 0.2) is 15.2 Å². The summed E-state index contributed by atoms with van der Waals surface area (Å²) in [5.41, 5.74) is 1.26. The fraction of sp³-hybridized carbons (Fsp3) is 0.600. The van der Waals surface area contributed by atoms with Crippen LogP contribution in [0.4, 0.5) is 0 Å². The molecular formula is C10H14BrNOS. The zero-order valence-corrected chi connectivity index (χ0v) is 10.4. The Kier molecular flexibility index (Phi) is 3.99. The minimum atomic E-state index is 0.399. The van der Waals surface area contributed by atoms with Gasteiger partial charge in [0.05, 0.1) is 16.5 Å². The van der Waals surface area contributed by atoms with Crippen molar-refractivity contribution in [1.29, 1.82) is 0 Å². The van der Waals surface area contributed by atoms with Crippen LogP contribution < -0.4 is 5.32 Å².